The van der Waals surface area contributed by atoms with E-state index >= 15 is 0 Å². The molecule has 2 N–H and O–H groups in total. The standard InChI is InChI=1S/C21H26ClN5O/c22-18-4-1-3-16(11-18)15-26-7-9-27(10-8-26)20-19(5-2-6-24-20)21(28)25-14-17-12-23-13-17/h1-6,11,17,23H,7-10,12-15H2,(H,25,28). The second kappa shape index (κ2) is 8.90. The molecule has 0 radical (unpaired) electrons. The predicted molar refractivity (Wildman–Crippen MR) is 112 cm³/mol. The van der Waals surface area contributed by atoms with Crippen LogP contribution in [0.5, 0.6) is 0 Å². The first kappa shape index (κ1) is 19.2. The fraction of sp³-hybridized carbons (Fsp3) is 0.429. The zero-order chi connectivity index (χ0) is 19.3. The normalized spacial score (nSPS) is 18.0. The van der Waals surface area contributed by atoms with Gasteiger partial charge in [-0.15, -0.1) is 0 Å². The van der Waals surface area contributed by atoms with E-state index in [0.29, 0.717) is 18.0 Å². The lowest BCUT2D eigenvalue weighted by atomic mass is 10.0. The number of piperazine rings is 1. The van der Waals surface area contributed by atoms with E-state index in [1.54, 1.807) is 6.20 Å². The van der Waals surface area contributed by atoms with Crippen molar-refractivity contribution in [2.75, 3.05) is 50.7 Å². The number of carbonyl (C=O) groups is 1. The number of rotatable bonds is 6. The zero-order valence-electron chi connectivity index (χ0n) is 15.9. The van der Waals surface area contributed by atoms with Gasteiger partial charge in [0.2, 0.25) is 0 Å². The van der Waals surface area contributed by atoms with Crippen LogP contribution in [0.15, 0.2) is 42.6 Å². The first-order valence-corrected chi connectivity index (χ1v) is 10.2. The Kier molecular flexibility index (Phi) is 6.10. The third kappa shape index (κ3) is 4.63. The second-order valence-electron chi connectivity index (χ2n) is 7.50. The molecule has 0 unspecified atom stereocenters. The molecule has 7 heteroatoms. The Balaban J connectivity index is 1.35. The number of halogens is 1. The van der Waals surface area contributed by atoms with E-state index in [1.807, 2.05) is 30.3 Å². The van der Waals surface area contributed by atoms with Gasteiger partial charge in [-0.2, -0.15) is 0 Å². The quantitative estimate of drug-likeness (QED) is 0.778. The van der Waals surface area contributed by atoms with E-state index in [1.165, 1.54) is 5.56 Å². The van der Waals surface area contributed by atoms with Crippen LogP contribution in [0.3, 0.4) is 0 Å². The topological polar surface area (TPSA) is 60.5 Å². The van der Waals surface area contributed by atoms with Gasteiger partial charge < -0.3 is 15.5 Å². The lowest BCUT2D eigenvalue weighted by Gasteiger charge is -2.36. The highest BCUT2D eigenvalue weighted by molar-refractivity contribution is 6.30. The van der Waals surface area contributed by atoms with Gasteiger partial charge in [-0.25, -0.2) is 4.98 Å². The molecular formula is C21H26ClN5O. The second-order valence-corrected chi connectivity index (χ2v) is 7.94. The van der Waals surface area contributed by atoms with E-state index in [0.717, 1.165) is 56.7 Å². The van der Waals surface area contributed by atoms with Gasteiger partial charge in [-0.1, -0.05) is 23.7 Å². The van der Waals surface area contributed by atoms with Crippen LogP contribution in [0, 0.1) is 5.92 Å². The minimum Gasteiger partial charge on any atom is -0.353 e. The molecule has 2 aliphatic heterocycles. The highest BCUT2D eigenvalue weighted by Crippen LogP contribution is 2.20. The van der Waals surface area contributed by atoms with Crippen molar-refractivity contribution in [3.05, 3.63) is 58.7 Å². The average molecular weight is 400 g/mol. The van der Waals surface area contributed by atoms with Gasteiger partial charge in [0.15, 0.2) is 0 Å². The fourth-order valence-corrected chi connectivity index (χ4v) is 3.88. The maximum absolute atomic E-state index is 12.7. The van der Waals surface area contributed by atoms with Crippen LogP contribution in [0.2, 0.25) is 5.02 Å². The van der Waals surface area contributed by atoms with Crippen molar-refractivity contribution in [2.45, 2.75) is 6.54 Å². The summed E-state index contributed by atoms with van der Waals surface area (Å²) in [5, 5.41) is 7.06. The SMILES string of the molecule is O=C(NCC1CNC1)c1cccnc1N1CCN(Cc2cccc(Cl)c2)CC1. The number of pyridine rings is 1. The monoisotopic (exact) mass is 399 g/mol. The number of aromatic nitrogens is 1. The molecular weight excluding hydrogens is 374 g/mol. The average Bonchev–Trinajstić information content (AvgIpc) is 2.67. The van der Waals surface area contributed by atoms with Crippen LogP contribution in [-0.2, 0) is 6.54 Å². The Morgan fingerprint density at radius 3 is 2.71 bits per heavy atom. The first-order valence-electron chi connectivity index (χ1n) is 9.85. The Hall–Kier alpha value is -2.15. The lowest BCUT2D eigenvalue weighted by molar-refractivity contribution is 0.0942. The molecule has 0 bridgehead atoms. The van der Waals surface area contributed by atoms with Crippen LogP contribution in [-0.4, -0.2) is 61.6 Å². The van der Waals surface area contributed by atoms with Crippen molar-refractivity contribution in [1.82, 2.24) is 20.5 Å². The van der Waals surface area contributed by atoms with Crippen LogP contribution >= 0.6 is 11.6 Å². The molecule has 6 nitrogen and oxygen atoms in total. The molecule has 0 spiro atoms. The number of nitrogens with one attached hydrogen (secondary N) is 2. The van der Waals surface area contributed by atoms with E-state index in [2.05, 4.69) is 31.5 Å². The van der Waals surface area contributed by atoms with Crippen molar-refractivity contribution in [3.63, 3.8) is 0 Å². The summed E-state index contributed by atoms with van der Waals surface area (Å²) in [4.78, 5) is 21.8. The Bertz CT molecular complexity index is 818. The molecule has 2 aromatic rings. The van der Waals surface area contributed by atoms with Crippen molar-refractivity contribution in [1.29, 1.82) is 0 Å². The zero-order valence-corrected chi connectivity index (χ0v) is 16.7. The van der Waals surface area contributed by atoms with Gasteiger partial charge in [-0.3, -0.25) is 9.69 Å². The Labute approximate surface area is 170 Å². The summed E-state index contributed by atoms with van der Waals surface area (Å²) in [6.07, 6.45) is 1.76. The summed E-state index contributed by atoms with van der Waals surface area (Å²) in [7, 11) is 0. The summed E-state index contributed by atoms with van der Waals surface area (Å²) in [5.41, 5.74) is 1.89. The molecule has 2 aliphatic rings. The lowest BCUT2D eigenvalue weighted by Crippen LogP contribution is -2.49. The highest BCUT2D eigenvalue weighted by Gasteiger charge is 2.24. The van der Waals surface area contributed by atoms with Crippen LogP contribution in [0.4, 0.5) is 5.82 Å². The van der Waals surface area contributed by atoms with E-state index in [-0.39, 0.29) is 5.91 Å². The van der Waals surface area contributed by atoms with E-state index in [9.17, 15) is 4.79 Å². The predicted octanol–water partition coefficient (Wildman–Crippen LogP) is 2.01. The van der Waals surface area contributed by atoms with Gasteiger partial charge in [0.25, 0.3) is 5.91 Å². The molecule has 148 valence electrons. The van der Waals surface area contributed by atoms with E-state index < -0.39 is 0 Å². The molecule has 1 aromatic carbocycles. The molecule has 28 heavy (non-hydrogen) atoms. The number of hydrogen-bond donors (Lipinski definition) is 2. The summed E-state index contributed by atoms with van der Waals surface area (Å²) >= 11 is 6.09. The molecule has 3 heterocycles. The third-order valence-electron chi connectivity index (χ3n) is 5.42. The summed E-state index contributed by atoms with van der Waals surface area (Å²) in [5.74, 6) is 1.30. The molecule has 2 fully saturated rings. The summed E-state index contributed by atoms with van der Waals surface area (Å²) in [6, 6.07) is 11.7. The van der Waals surface area contributed by atoms with Gasteiger partial charge in [0.05, 0.1) is 5.56 Å². The maximum Gasteiger partial charge on any atom is 0.255 e. The minimum atomic E-state index is -0.0312. The molecule has 1 aromatic heterocycles. The molecule has 1 amide bonds. The molecule has 0 saturated carbocycles. The largest absolute Gasteiger partial charge is 0.353 e. The maximum atomic E-state index is 12.7. The summed E-state index contributed by atoms with van der Waals surface area (Å²) in [6.45, 7) is 7.13. The van der Waals surface area contributed by atoms with Crippen LogP contribution in [0.1, 0.15) is 15.9 Å². The van der Waals surface area contributed by atoms with Gasteiger partial charge in [-0.05, 0) is 29.8 Å². The van der Waals surface area contributed by atoms with Crippen LogP contribution in [0.25, 0.3) is 0 Å². The number of anilines is 1. The number of nitrogens with zero attached hydrogens (tertiary/aromatic N) is 3. The van der Waals surface area contributed by atoms with Crippen molar-refractivity contribution in [2.24, 2.45) is 5.92 Å². The van der Waals surface area contributed by atoms with Gasteiger partial charge in [0.1, 0.15) is 5.82 Å². The smallest absolute Gasteiger partial charge is 0.255 e. The summed E-state index contributed by atoms with van der Waals surface area (Å²) < 4.78 is 0. The molecule has 4 rings (SSSR count). The Morgan fingerprint density at radius 1 is 1.18 bits per heavy atom. The molecule has 2 saturated heterocycles. The molecule has 0 aliphatic carbocycles. The highest BCUT2D eigenvalue weighted by atomic mass is 35.5. The van der Waals surface area contributed by atoms with Gasteiger partial charge in [0, 0.05) is 69.5 Å². The number of carbonyl (C=O) groups excluding carboxylic acids is 1. The number of hydrogen-bond acceptors (Lipinski definition) is 5. The fourth-order valence-electron chi connectivity index (χ4n) is 3.66. The third-order valence-corrected chi connectivity index (χ3v) is 5.65. The number of benzene rings is 1. The first-order chi connectivity index (χ1) is 13.7. The van der Waals surface area contributed by atoms with Crippen molar-refractivity contribution >= 4 is 23.3 Å². The molecule has 0 atom stereocenters. The van der Waals surface area contributed by atoms with Crippen LogP contribution < -0.4 is 15.5 Å². The van der Waals surface area contributed by atoms with Crippen molar-refractivity contribution < 1.29 is 4.79 Å². The van der Waals surface area contributed by atoms with Gasteiger partial charge >= 0.3 is 0 Å². The van der Waals surface area contributed by atoms with Crippen molar-refractivity contribution in [3.8, 4) is 0 Å². The minimum absolute atomic E-state index is 0.0312. The van der Waals surface area contributed by atoms with E-state index in [4.69, 9.17) is 11.6 Å². The number of amides is 1. The Morgan fingerprint density at radius 2 is 2.00 bits per heavy atom.